The topological polar surface area (TPSA) is 51.2 Å². The highest BCUT2D eigenvalue weighted by molar-refractivity contribution is 6.30. The van der Waals surface area contributed by atoms with Crippen LogP contribution in [0, 0.1) is 11.8 Å². The van der Waals surface area contributed by atoms with E-state index in [9.17, 15) is 4.79 Å². The van der Waals surface area contributed by atoms with Gasteiger partial charge in [0.2, 0.25) is 0 Å². The molecule has 0 aliphatic rings. The maximum atomic E-state index is 11.6. The number of nitrogens with zero attached hydrogens (tertiary/aromatic N) is 1. The lowest BCUT2D eigenvalue weighted by atomic mass is 10.2. The van der Waals surface area contributed by atoms with Crippen LogP contribution in [0.4, 0.5) is 0 Å². The van der Waals surface area contributed by atoms with E-state index in [1.165, 1.54) is 0 Å². The first-order valence-electron chi connectivity index (χ1n) is 6.29. The number of aromatic nitrogens is 1. The molecule has 21 heavy (non-hydrogen) atoms. The summed E-state index contributed by atoms with van der Waals surface area (Å²) in [6, 6.07) is 12.9. The van der Waals surface area contributed by atoms with E-state index in [-0.39, 0.29) is 24.2 Å². The second-order valence-corrected chi connectivity index (χ2v) is 4.38. The van der Waals surface area contributed by atoms with Crippen LogP contribution in [0.3, 0.4) is 0 Å². The predicted molar refractivity (Wildman–Crippen MR) is 81.1 cm³/mol. The third-order valence-corrected chi connectivity index (χ3v) is 2.75. The average molecular weight is 301 g/mol. The summed E-state index contributed by atoms with van der Waals surface area (Å²) >= 11 is 5.81. The SMILES string of the molecule is O=C(COc1cccnc1Cl)NCC#Cc1ccccc1. The second kappa shape index (κ2) is 7.93. The highest BCUT2D eigenvalue weighted by atomic mass is 35.5. The van der Waals surface area contributed by atoms with Crippen LogP contribution in [0.2, 0.25) is 5.15 Å². The molecule has 1 aromatic carbocycles. The standard InChI is InChI=1S/C16H13ClN2O2/c17-16-14(9-5-11-19-16)21-12-15(20)18-10-4-8-13-6-2-1-3-7-13/h1-3,5-7,9,11H,10,12H2,(H,18,20). The highest BCUT2D eigenvalue weighted by Gasteiger charge is 2.04. The van der Waals surface area contributed by atoms with Gasteiger partial charge in [0.15, 0.2) is 17.5 Å². The molecule has 2 aromatic rings. The normalized spacial score (nSPS) is 9.38. The van der Waals surface area contributed by atoms with Gasteiger partial charge in [-0.1, -0.05) is 41.6 Å². The average Bonchev–Trinajstić information content (AvgIpc) is 2.52. The molecule has 4 nitrogen and oxygen atoms in total. The van der Waals surface area contributed by atoms with Gasteiger partial charge < -0.3 is 10.1 Å². The first-order valence-corrected chi connectivity index (χ1v) is 6.67. The van der Waals surface area contributed by atoms with Crippen molar-refractivity contribution < 1.29 is 9.53 Å². The van der Waals surface area contributed by atoms with Crippen molar-refractivity contribution in [1.82, 2.24) is 10.3 Å². The molecule has 0 aliphatic heterocycles. The maximum Gasteiger partial charge on any atom is 0.258 e. The Balaban J connectivity index is 1.74. The molecule has 0 atom stereocenters. The molecule has 0 aliphatic carbocycles. The van der Waals surface area contributed by atoms with E-state index in [1.807, 2.05) is 30.3 Å². The van der Waals surface area contributed by atoms with Crippen molar-refractivity contribution in [1.29, 1.82) is 0 Å². The lowest BCUT2D eigenvalue weighted by Gasteiger charge is -2.06. The Morgan fingerprint density at radius 2 is 2.05 bits per heavy atom. The molecule has 0 radical (unpaired) electrons. The number of amides is 1. The zero-order valence-electron chi connectivity index (χ0n) is 11.2. The Labute approximate surface area is 128 Å². The van der Waals surface area contributed by atoms with E-state index < -0.39 is 0 Å². The van der Waals surface area contributed by atoms with Gasteiger partial charge in [0.05, 0.1) is 6.54 Å². The van der Waals surface area contributed by atoms with E-state index in [0.717, 1.165) is 5.56 Å². The third kappa shape index (κ3) is 5.17. The summed E-state index contributed by atoms with van der Waals surface area (Å²) in [4.78, 5) is 15.4. The van der Waals surface area contributed by atoms with E-state index in [2.05, 4.69) is 22.1 Å². The Bertz CT molecular complexity index is 663. The Kier molecular flexibility index (Phi) is 5.62. The second-order valence-electron chi connectivity index (χ2n) is 4.03. The summed E-state index contributed by atoms with van der Waals surface area (Å²) in [5, 5.41) is 2.87. The number of nitrogens with one attached hydrogen (secondary N) is 1. The highest BCUT2D eigenvalue weighted by Crippen LogP contribution is 2.19. The monoisotopic (exact) mass is 300 g/mol. The fraction of sp³-hybridized carbons (Fsp3) is 0.125. The first-order chi connectivity index (χ1) is 10.3. The molecule has 5 heteroatoms. The van der Waals surface area contributed by atoms with Crippen LogP contribution in [-0.4, -0.2) is 24.0 Å². The number of carbonyl (C=O) groups excluding carboxylic acids is 1. The molecule has 1 N–H and O–H groups in total. The van der Waals surface area contributed by atoms with Gasteiger partial charge in [-0.15, -0.1) is 0 Å². The molecular weight excluding hydrogens is 288 g/mol. The van der Waals surface area contributed by atoms with Gasteiger partial charge in [-0.05, 0) is 24.3 Å². The Morgan fingerprint density at radius 3 is 2.81 bits per heavy atom. The molecule has 1 amide bonds. The van der Waals surface area contributed by atoms with Gasteiger partial charge in [-0.25, -0.2) is 4.98 Å². The minimum Gasteiger partial charge on any atom is -0.481 e. The molecule has 1 aromatic heterocycles. The molecule has 0 saturated heterocycles. The summed E-state index contributed by atoms with van der Waals surface area (Å²) in [5.74, 6) is 5.93. The molecule has 0 fully saturated rings. The maximum absolute atomic E-state index is 11.6. The minimum absolute atomic E-state index is 0.127. The molecular formula is C16H13ClN2O2. The van der Waals surface area contributed by atoms with Crippen LogP contribution in [0.5, 0.6) is 5.75 Å². The Morgan fingerprint density at radius 1 is 1.24 bits per heavy atom. The fourth-order valence-electron chi connectivity index (χ4n) is 1.48. The van der Waals surface area contributed by atoms with Crippen LogP contribution in [0.25, 0.3) is 0 Å². The summed E-state index contributed by atoms with van der Waals surface area (Å²) < 4.78 is 5.26. The summed E-state index contributed by atoms with van der Waals surface area (Å²) in [7, 11) is 0. The minimum atomic E-state index is -0.266. The van der Waals surface area contributed by atoms with Crippen LogP contribution in [-0.2, 0) is 4.79 Å². The van der Waals surface area contributed by atoms with Crippen molar-refractivity contribution in [2.75, 3.05) is 13.2 Å². The van der Waals surface area contributed by atoms with E-state index in [4.69, 9.17) is 16.3 Å². The number of hydrogen-bond donors (Lipinski definition) is 1. The van der Waals surface area contributed by atoms with Crippen LogP contribution < -0.4 is 10.1 Å². The van der Waals surface area contributed by atoms with Gasteiger partial charge in [0, 0.05) is 11.8 Å². The van der Waals surface area contributed by atoms with Crippen LogP contribution >= 0.6 is 11.6 Å². The number of rotatable bonds is 4. The summed E-state index contributed by atoms with van der Waals surface area (Å²) in [6.45, 7) is 0.135. The molecule has 2 rings (SSSR count). The zero-order valence-corrected chi connectivity index (χ0v) is 11.9. The summed E-state index contributed by atoms with van der Waals surface area (Å²) in [6.07, 6.45) is 1.55. The number of benzene rings is 1. The van der Waals surface area contributed by atoms with Crippen molar-refractivity contribution in [2.45, 2.75) is 0 Å². The van der Waals surface area contributed by atoms with Gasteiger partial charge in [-0.2, -0.15) is 0 Å². The van der Waals surface area contributed by atoms with Gasteiger partial charge in [0.1, 0.15) is 0 Å². The van der Waals surface area contributed by atoms with E-state index in [1.54, 1.807) is 18.3 Å². The van der Waals surface area contributed by atoms with Crippen molar-refractivity contribution in [2.24, 2.45) is 0 Å². The first kappa shape index (κ1) is 14.9. The molecule has 106 valence electrons. The van der Waals surface area contributed by atoms with Gasteiger partial charge in [-0.3, -0.25) is 4.79 Å². The molecule has 0 unspecified atom stereocenters. The number of pyridine rings is 1. The smallest absolute Gasteiger partial charge is 0.258 e. The fourth-order valence-corrected chi connectivity index (χ4v) is 1.66. The Hall–Kier alpha value is -2.51. The molecule has 0 spiro atoms. The van der Waals surface area contributed by atoms with Crippen molar-refractivity contribution in [3.63, 3.8) is 0 Å². The van der Waals surface area contributed by atoms with E-state index in [0.29, 0.717) is 5.75 Å². The van der Waals surface area contributed by atoms with Crippen LogP contribution in [0.1, 0.15) is 5.56 Å². The largest absolute Gasteiger partial charge is 0.481 e. The van der Waals surface area contributed by atoms with E-state index >= 15 is 0 Å². The molecule has 0 saturated carbocycles. The predicted octanol–water partition coefficient (Wildman–Crippen LogP) is 2.28. The lowest BCUT2D eigenvalue weighted by molar-refractivity contribution is -0.122. The number of halogens is 1. The van der Waals surface area contributed by atoms with Crippen molar-refractivity contribution in [3.8, 4) is 17.6 Å². The third-order valence-electron chi connectivity index (χ3n) is 2.46. The quantitative estimate of drug-likeness (QED) is 0.696. The van der Waals surface area contributed by atoms with Crippen molar-refractivity contribution >= 4 is 17.5 Å². The number of hydrogen-bond acceptors (Lipinski definition) is 3. The van der Waals surface area contributed by atoms with Gasteiger partial charge in [0.25, 0.3) is 5.91 Å². The summed E-state index contributed by atoms with van der Waals surface area (Å²) in [5.41, 5.74) is 0.908. The van der Waals surface area contributed by atoms with Crippen molar-refractivity contribution in [3.05, 3.63) is 59.4 Å². The number of ether oxygens (including phenoxy) is 1. The van der Waals surface area contributed by atoms with Gasteiger partial charge >= 0.3 is 0 Å². The van der Waals surface area contributed by atoms with Crippen LogP contribution in [0.15, 0.2) is 48.7 Å². The zero-order chi connectivity index (χ0) is 14.9. The lowest BCUT2D eigenvalue weighted by Crippen LogP contribution is -2.29. The molecule has 1 heterocycles. The molecule has 0 bridgehead atoms. The number of carbonyl (C=O) groups is 1.